The van der Waals surface area contributed by atoms with E-state index in [1.807, 2.05) is 18.7 Å². The van der Waals surface area contributed by atoms with Crippen molar-refractivity contribution in [2.75, 3.05) is 24.7 Å². The molecule has 0 bridgehead atoms. The Hall–Kier alpha value is 0.230. The van der Waals surface area contributed by atoms with Gasteiger partial charge < -0.3 is 14.6 Å². The molecule has 2 atom stereocenters. The van der Waals surface area contributed by atoms with Gasteiger partial charge in [0.1, 0.15) is 0 Å². The molecule has 2 aliphatic rings. The smallest absolute Gasteiger partial charge is 0.0937 e. The maximum absolute atomic E-state index is 11.0. The zero-order valence-corrected chi connectivity index (χ0v) is 14.7. The predicted octanol–water partition coefficient (Wildman–Crippen LogP) is 3.64. The molecule has 0 aromatic heterocycles. The Bertz CT molecular complexity index is 306. The number of thioether (sulfide) groups is 1. The van der Waals surface area contributed by atoms with Crippen LogP contribution in [-0.2, 0) is 9.47 Å². The van der Waals surface area contributed by atoms with Crippen molar-refractivity contribution >= 4 is 11.8 Å². The molecule has 1 spiro atoms. The molecule has 0 aromatic carbocycles. The molecule has 0 radical (unpaired) electrons. The van der Waals surface area contributed by atoms with E-state index in [1.165, 1.54) is 11.5 Å². The van der Waals surface area contributed by atoms with Gasteiger partial charge in [0.15, 0.2) is 0 Å². The molecular formula is C17H32O3S. The van der Waals surface area contributed by atoms with Crippen LogP contribution in [0, 0.1) is 5.92 Å². The van der Waals surface area contributed by atoms with Gasteiger partial charge in [0.2, 0.25) is 0 Å². The van der Waals surface area contributed by atoms with Crippen molar-refractivity contribution in [3.05, 3.63) is 0 Å². The zero-order chi connectivity index (χ0) is 15.3. The average molecular weight is 317 g/mol. The second kappa shape index (κ2) is 7.67. The van der Waals surface area contributed by atoms with Gasteiger partial charge in [-0.15, -0.1) is 0 Å². The van der Waals surface area contributed by atoms with Gasteiger partial charge >= 0.3 is 0 Å². The molecule has 124 valence electrons. The molecule has 2 unspecified atom stereocenters. The van der Waals surface area contributed by atoms with Gasteiger partial charge in [0.25, 0.3) is 0 Å². The Kier molecular flexibility index (Phi) is 6.42. The van der Waals surface area contributed by atoms with Gasteiger partial charge in [0, 0.05) is 13.2 Å². The lowest BCUT2D eigenvalue weighted by molar-refractivity contribution is -0.179. The van der Waals surface area contributed by atoms with Gasteiger partial charge in [0.05, 0.1) is 17.3 Å². The van der Waals surface area contributed by atoms with Crippen LogP contribution in [0.5, 0.6) is 0 Å². The van der Waals surface area contributed by atoms with E-state index in [0.717, 1.165) is 45.1 Å². The molecule has 0 saturated carbocycles. The molecule has 3 nitrogen and oxygen atoms in total. The molecule has 21 heavy (non-hydrogen) atoms. The summed E-state index contributed by atoms with van der Waals surface area (Å²) in [6.45, 7) is 7.76. The minimum atomic E-state index is -0.374. The fourth-order valence-corrected chi connectivity index (χ4v) is 5.34. The highest BCUT2D eigenvalue weighted by atomic mass is 32.2. The first kappa shape index (κ1) is 17.6. The Balaban J connectivity index is 2.08. The van der Waals surface area contributed by atoms with Gasteiger partial charge in [-0.2, -0.15) is 11.8 Å². The lowest BCUT2D eigenvalue weighted by Gasteiger charge is -2.48. The fourth-order valence-electron chi connectivity index (χ4n) is 4.10. The minimum Gasteiger partial charge on any atom is -0.390 e. The highest BCUT2D eigenvalue weighted by molar-refractivity contribution is 7.99. The quantitative estimate of drug-likeness (QED) is 0.812. The van der Waals surface area contributed by atoms with Crippen LogP contribution >= 0.6 is 11.8 Å². The molecule has 2 aliphatic heterocycles. The molecule has 2 heterocycles. The van der Waals surface area contributed by atoms with E-state index < -0.39 is 0 Å². The van der Waals surface area contributed by atoms with Crippen LogP contribution in [-0.4, -0.2) is 47.1 Å². The largest absolute Gasteiger partial charge is 0.390 e. The zero-order valence-electron chi connectivity index (χ0n) is 13.9. The van der Waals surface area contributed by atoms with Gasteiger partial charge in [-0.3, -0.25) is 0 Å². The average Bonchev–Trinajstić information content (AvgIpc) is 2.53. The molecular weight excluding hydrogens is 284 g/mol. The SMILES string of the molecule is CCOC(CC)(CC)C(O)C1CCOC2(CCSCC2)C1. The van der Waals surface area contributed by atoms with Crippen LogP contribution < -0.4 is 0 Å². The number of rotatable bonds is 6. The Labute approximate surface area is 134 Å². The molecule has 0 aliphatic carbocycles. The number of hydrogen-bond donors (Lipinski definition) is 1. The summed E-state index contributed by atoms with van der Waals surface area (Å²) < 4.78 is 12.2. The third-order valence-electron chi connectivity index (χ3n) is 5.55. The third kappa shape index (κ3) is 3.77. The fraction of sp³-hybridized carbons (Fsp3) is 1.00. The van der Waals surface area contributed by atoms with Gasteiger partial charge in [-0.05, 0) is 62.9 Å². The van der Waals surface area contributed by atoms with Gasteiger partial charge in [-0.25, -0.2) is 0 Å². The van der Waals surface area contributed by atoms with E-state index in [1.54, 1.807) is 0 Å². The van der Waals surface area contributed by atoms with Crippen LogP contribution in [0.4, 0.5) is 0 Å². The Morgan fingerprint density at radius 3 is 2.52 bits per heavy atom. The summed E-state index contributed by atoms with van der Waals surface area (Å²) >= 11 is 2.03. The number of ether oxygens (including phenoxy) is 2. The number of aliphatic hydroxyl groups excluding tert-OH is 1. The predicted molar refractivity (Wildman–Crippen MR) is 88.9 cm³/mol. The first-order chi connectivity index (χ1) is 10.1. The molecule has 0 aromatic rings. The normalized spacial score (nSPS) is 27.7. The monoisotopic (exact) mass is 316 g/mol. The molecule has 2 saturated heterocycles. The first-order valence-electron chi connectivity index (χ1n) is 8.65. The maximum atomic E-state index is 11.0. The van der Waals surface area contributed by atoms with E-state index in [-0.39, 0.29) is 17.3 Å². The number of aliphatic hydroxyl groups is 1. The highest BCUT2D eigenvalue weighted by Crippen LogP contribution is 2.43. The third-order valence-corrected chi connectivity index (χ3v) is 6.53. The summed E-state index contributed by atoms with van der Waals surface area (Å²) in [4.78, 5) is 0. The number of hydrogen-bond acceptors (Lipinski definition) is 4. The van der Waals surface area contributed by atoms with E-state index >= 15 is 0 Å². The van der Waals surface area contributed by atoms with Crippen LogP contribution in [0.25, 0.3) is 0 Å². The highest BCUT2D eigenvalue weighted by Gasteiger charge is 2.46. The van der Waals surface area contributed by atoms with Crippen molar-refractivity contribution in [1.82, 2.24) is 0 Å². The van der Waals surface area contributed by atoms with E-state index in [9.17, 15) is 5.11 Å². The summed E-state index contributed by atoms with van der Waals surface area (Å²) in [6, 6.07) is 0. The van der Waals surface area contributed by atoms with Crippen molar-refractivity contribution in [1.29, 1.82) is 0 Å². The van der Waals surface area contributed by atoms with E-state index in [0.29, 0.717) is 12.5 Å². The van der Waals surface area contributed by atoms with E-state index in [2.05, 4.69) is 13.8 Å². The molecule has 2 fully saturated rings. The molecule has 2 rings (SSSR count). The summed E-state index contributed by atoms with van der Waals surface area (Å²) in [5.74, 6) is 2.70. The lowest BCUT2D eigenvalue weighted by Crippen LogP contribution is -2.53. The van der Waals surface area contributed by atoms with Crippen molar-refractivity contribution in [2.24, 2.45) is 5.92 Å². The van der Waals surface area contributed by atoms with Crippen molar-refractivity contribution in [2.45, 2.75) is 76.6 Å². The Morgan fingerprint density at radius 2 is 1.95 bits per heavy atom. The van der Waals surface area contributed by atoms with Crippen LogP contribution in [0.1, 0.15) is 59.3 Å². The summed E-state index contributed by atoms with van der Waals surface area (Å²) in [7, 11) is 0. The Morgan fingerprint density at radius 1 is 1.29 bits per heavy atom. The van der Waals surface area contributed by atoms with Crippen molar-refractivity contribution in [3.8, 4) is 0 Å². The second-order valence-corrected chi connectivity index (χ2v) is 7.77. The summed E-state index contributed by atoms with van der Waals surface area (Å²) in [5, 5.41) is 11.0. The van der Waals surface area contributed by atoms with Gasteiger partial charge in [-0.1, -0.05) is 13.8 Å². The summed E-state index contributed by atoms with van der Waals surface area (Å²) in [5.41, 5.74) is -0.337. The van der Waals surface area contributed by atoms with Crippen LogP contribution in [0.2, 0.25) is 0 Å². The summed E-state index contributed by atoms with van der Waals surface area (Å²) in [6.07, 6.45) is 5.62. The van der Waals surface area contributed by atoms with Crippen LogP contribution in [0.3, 0.4) is 0 Å². The van der Waals surface area contributed by atoms with Crippen molar-refractivity contribution < 1.29 is 14.6 Å². The van der Waals surface area contributed by atoms with Crippen LogP contribution in [0.15, 0.2) is 0 Å². The van der Waals surface area contributed by atoms with E-state index in [4.69, 9.17) is 9.47 Å². The standard InChI is InChI=1S/C17H32O3S/c1-4-17(5-2,19-6-3)15(18)14-7-10-20-16(13-14)8-11-21-12-9-16/h14-15,18H,4-13H2,1-3H3. The topological polar surface area (TPSA) is 38.7 Å². The maximum Gasteiger partial charge on any atom is 0.0937 e. The molecule has 1 N–H and O–H groups in total. The molecule has 4 heteroatoms. The first-order valence-corrected chi connectivity index (χ1v) is 9.80. The second-order valence-electron chi connectivity index (χ2n) is 6.55. The van der Waals surface area contributed by atoms with Crippen molar-refractivity contribution in [3.63, 3.8) is 0 Å². The lowest BCUT2D eigenvalue weighted by atomic mass is 9.73. The molecule has 0 amide bonds. The minimum absolute atomic E-state index is 0.0363.